The van der Waals surface area contributed by atoms with E-state index in [0.717, 1.165) is 6.07 Å². The van der Waals surface area contributed by atoms with Crippen molar-refractivity contribution >= 4 is 29.4 Å². The van der Waals surface area contributed by atoms with Crippen LogP contribution in [0.5, 0.6) is 0 Å². The zero-order valence-corrected chi connectivity index (χ0v) is 22.7. The largest absolute Gasteiger partial charge is 0.478 e. The fourth-order valence-corrected chi connectivity index (χ4v) is 5.62. The van der Waals surface area contributed by atoms with Gasteiger partial charge in [0.05, 0.1) is 17.8 Å². The average molecular weight is 577 g/mol. The van der Waals surface area contributed by atoms with Crippen molar-refractivity contribution < 1.29 is 32.6 Å². The summed E-state index contributed by atoms with van der Waals surface area (Å²) in [4.78, 5) is 27.5. The number of halogens is 4. The van der Waals surface area contributed by atoms with Crippen LogP contribution in [0.1, 0.15) is 59.9 Å². The molecule has 1 N–H and O–H groups in total. The lowest BCUT2D eigenvalue weighted by Crippen LogP contribution is -2.46. The Morgan fingerprint density at radius 3 is 2.38 bits per heavy atom. The van der Waals surface area contributed by atoms with Crippen molar-refractivity contribution in [3.63, 3.8) is 0 Å². The third-order valence-corrected chi connectivity index (χ3v) is 7.91. The summed E-state index contributed by atoms with van der Waals surface area (Å²) < 4.78 is 49.2. The van der Waals surface area contributed by atoms with Crippen molar-refractivity contribution in [2.24, 2.45) is 0 Å². The van der Waals surface area contributed by atoms with Gasteiger partial charge in [-0.2, -0.15) is 5.10 Å². The Morgan fingerprint density at radius 2 is 1.75 bits per heavy atom. The van der Waals surface area contributed by atoms with E-state index in [0.29, 0.717) is 67.2 Å². The van der Waals surface area contributed by atoms with E-state index < -0.39 is 35.1 Å². The van der Waals surface area contributed by atoms with Gasteiger partial charge in [0.25, 0.3) is 0 Å². The number of likely N-dealkylation sites (tertiary alicyclic amines) is 1. The Bertz CT molecular complexity index is 1450. The number of amides is 1. The Hall–Kier alpha value is -3.57. The summed E-state index contributed by atoms with van der Waals surface area (Å²) in [7, 11) is 0. The summed E-state index contributed by atoms with van der Waals surface area (Å²) in [6.07, 6.45) is 0.591. The van der Waals surface area contributed by atoms with E-state index in [4.69, 9.17) is 21.4 Å². The van der Waals surface area contributed by atoms with Gasteiger partial charge in [0.1, 0.15) is 16.6 Å². The van der Waals surface area contributed by atoms with E-state index in [9.17, 15) is 22.8 Å². The van der Waals surface area contributed by atoms with Gasteiger partial charge in [0.15, 0.2) is 11.6 Å². The van der Waals surface area contributed by atoms with Crippen LogP contribution in [0, 0.1) is 17.5 Å². The molecule has 0 atom stereocenters. The van der Waals surface area contributed by atoms with Crippen LogP contribution >= 0.6 is 11.6 Å². The number of piperidine rings is 1. The van der Waals surface area contributed by atoms with Crippen molar-refractivity contribution in [2.45, 2.75) is 51.3 Å². The minimum atomic E-state index is -1.25. The number of carbonyl (C=O) groups is 2. The highest BCUT2D eigenvalue weighted by molar-refractivity contribution is 6.30. The lowest BCUT2D eigenvalue weighted by atomic mass is 9.91. The first-order valence-electron chi connectivity index (χ1n) is 12.9. The summed E-state index contributed by atoms with van der Waals surface area (Å²) in [5, 5.41) is 14.1. The number of carboxylic acids is 1. The predicted molar refractivity (Wildman–Crippen MR) is 141 cm³/mol. The van der Waals surface area contributed by atoms with Crippen molar-refractivity contribution in [3.05, 3.63) is 81.4 Å². The number of nitrogens with zero attached hydrogens (tertiary/aromatic N) is 4. The molecule has 1 spiro atoms. The number of aromatic nitrogens is 2. The lowest BCUT2D eigenvalue weighted by molar-refractivity contribution is -0.00102. The van der Waals surface area contributed by atoms with Crippen LogP contribution in [-0.2, 0) is 17.7 Å². The smallest absolute Gasteiger partial charge is 0.415 e. The number of ether oxygens (including phenoxy) is 1. The third-order valence-electron chi connectivity index (χ3n) is 7.51. The number of carbonyl (C=O) groups excluding carboxylic acids is 1. The lowest BCUT2D eigenvalue weighted by Gasteiger charge is -2.37. The zero-order chi connectivity index (χ0) is 28.8. The highest BCUT2D eigenvalue weighted by Gasteiger charge is 2.47. The SMILES string of the molecule is CC(C)n1nc(Cc2cc(F)c(F)cc2F)c(CN2CCC3(CC2)CN(c2ccc(C(=O)O)cc2)C(=O)O3)c1Cl. The van der Waals surface area contributed by atoms with Crippen LogP contribution in [0.25, 0.3) is 0 Å². The maximum atomic E-state index is 14.4. The Labute approximate surface area is 233 Å². The van der Waals surface area contributed by atoms with Crippen LogP contribution in [0.3, 0.4) is 0 Å². The molecule has 0 radical (unpaired) electrons. The Balaban J connectivity index is 1.30. The molecule has 212 valence electrons. The number of aromatic carboxylic acids is 1. The van der Waals surface area contributed by atoms with Crippen LogP contribution in [0.15, 0.2) is 36.4 Å². The van der Waals surface area contributed by atoms with Gasteiger partial charge in [-0.3, -0.25) is 14.5 Å². The third kappa shape index (κ3) is 5.40. The summed E-state index contributed by atoms with van der Waals surface area (Å²) in [6.45, 7) is 5.73. The van der Waals surface area contributed by atoms with Crippen LogP contribution in [-0.4, -0.2) is 57.1 Å². The molecule has 8 nitrogen and oxygen atoms in total. The number of hydrogen-bond donors (Lipinski definition) is 1. The molecule has 40 heavy (non-hydrogen) atoms. The fourth-order valence-electron chi connectivity index (χ4n) is 5.22. The van der Waals surface area contributed by atoms with Gasteiger partial charge in [-0.05, 0) is 49.7 Å². The van der Waals surface area contributed by atoms with E-state index >= 15 is 0 Å². The summed E-state index contributed by atoms with van der Waals surface area (Å²) in [5.74, 6) is -4.29. The second-order valence-corrected chi connectivity index (χ2v) is 10.9. The number of hydrogen-bond acceptors (Lipinski definition) is 5. The van der Waals surface area contributed by atoms with E-state index in [2.05, 4.69) is 10.00 Å². The van der Waals surface area contributed by atoms with Crippen molar-refractivity contribution in [1.29, 1.82) is 0 Å². The molecule has 5 rings (SSSR count). The predicted octanol–water partition coefficient (Wildman–Crippen LogP) is 5.82. The van der Waals surface area contributed by atoms with Gasteiger partial charge in [-0.1, -0.05) is 11.6 Å². The van der Waals surface area contributed by atoms with Gasteiger partial charge in [0.2, 0.25) is 0 Å². The molecular formula is C28H28ClF3N4O4. The molecule has 0 bridgehead atoms. The van der Waals surface area contributed by atoms with Crippen molar-refractivity contribution in [1.82, 2.24) is 14.7 Å². The monoisotopic (exact) mass is 576 g/mol. The van der Waals surface area contributed by atoms with E-state index in [1.54, 1.807) is 16.8 Å². The number of anilines is 1. The second kappa shape index (κ2) is 10.8. The molecule has 1 aromatic heterocycles. The van der Waals surface area contributed by atoms with E-state index in [-0.39, 0.29) is 23.6 Å². The van der Waals surface area contributed by atoms with Gasteiger partial charge in [0, 0.05) is 62.3 Å². The molecular weight excluding hydrogens is 549 g/mol. The topological polar surface area (TPSA) is 87.9 Å². The summed E-state index contributed by atoms with van der Waals surface area (Å²) in [6, 6.07) is 7.37. The second-order valence-electron chi connectivity index (χ2n) is 10.6. The molecule has 1 amide bonds. The number of benzene rings is 2. The highest BCUT2D eigenvalue weighted by Crippen LogP contribution is 2.37. The molecule has 0 unspecified atom stereocenters. The maximum Gasteiger partial charge on any atom is 0.415 e. The molecule has 3 heterocycles. The number of carboxylic acid groups (broad SMARTS) is 1. The Morgan fingerprint density at radius 1 is 1.10 bits per heavy atom. The summed E-state index contributed by atoms with van der Waals surface area (Å²) >= 11 is 6.70. The van der Waals surface area contributed by atoms with Crippen molar-refractivity contribution in [3.8, 4) is 0 Å². The van der Waals surface area contributed by atoms with Crippen LogP contribution in [0.4, 0.5) is 23.7 Å². The van der Waals surface area contributed by atoms with Gasteiger partial charge < -0.3 is 9.84 Å². The standard InChI is InChI=1S/C28H28ClF3N4O4/c1-16(2)36-25(29)20(24(33-36)12-18-11-22(31)23(32)13-21(18)30)14-34-9-7-28(8-10-34)15-35(27(39)40-28)19-5-3-17(4-6-19)26(37)38/h3-6,11,13,16H,7-10,12,14-15H2,1-2H3,(H,37,38). The molecule has 12 heteroatoms. The van der Waals surface area contributed by atoms with E-state index in [1.165, 1.54) is 17.0 Å². The fraction of sp³-hybridized carbons (Fsp3) is 0.393. The molecule has 2 fully saturated rings. The first-order valence-corrected chi connectivity index (χ1v) is 13.3. The minimum absolute atomic E-state index is 0.0165. The normalized spacial score (nSPS) is 17.2. The first-order chi connectivity index (χ1) is 19.0. The molecule has 0 aliphatic carbocycles. The maximum absolute atomic E-state index is 14.4. The van der Waals surface area contributed by atoms with Crippen LogP contribution in [0.2, 0.25) is 5.15 Å². The quantitative estimate of drug-likeness (QED) is 0.357. The van der Waals surface area contributed by atoms with Gasteiger partial charge >= 0.3 is 12.1 Å². The highest BCUT2D eigenvalue weighted by atomic mass is 35.5. The molecule has 2 saturated heterocycles. The molecule has 2 aliphatic heterocycles. The van der Waals surface area contributed by atoms with E-state index in [1.807, 2.05) is 13.8 Å². The molecule has 3 aromatic rings. The van der Waals surface area contributed by atoms with Gasteiger partial charge in [-0.25, -0.2) is 22.8 Å². The average Bonchev–Trinajstić information content (AvgIpc) is 3.40. The first kappa shape index (κ1) is 28.0. The summed E-state index contributed by atoms with van der Waals surface area (Å²) in [5.41, 5.74) is 1.16. The number of rotatable bonds is 7. The van der Waals surface area contributed by atoms with Crippen molar-refractivity contribution in [2.75, 3.05) is 24.5 Å². The molecule has 2 aromatic carbocycles. The molecule has 2 aliphatic rings. The van der Waals surface area contributed by atoms with Gasteiger partial charge in [-0.15, -0.1) is 0 Å². The Kier molecular flexibility index (Phi) is 7.54. The molecule has 0 saturated carbocycles. The van der Waals surface area contributed by atoms with Crippen LogP contribution < -0.4 is 4.90 Å². The zero-order valence-electron chi connectivity index (χ0n) is 22.0. The minimum Gasteiger partial charge on any atom is -0.478 e.